The van der Waals surface area contributed by atoms with Gasteiger partial charge in [-0.3, -0.25) is 14.3 Å². The predicted octanol–water partition coefficient (Wildman–Crippen LogP) is 3.21. The zero-order valence-corrected chi connectivity index (χ0v) is 17.6. The summed E-state index contributed by atoms with van der Waals surface area (Å²) in [5.74, 6) is 0.839. The lowest BCUT2D eigenvalue weighted by Gasteiger charge is -2.24. The highest BCUT2D eigenvalue weighted by molar-refractivity contribution is 5.99. The molecule has 1 aromatic heterocycles. The number of carbonyl (C=O) groups is 2. The fourth-order valence-corrected chi connectivity index (χ4v) is 3.93. The second-order valence-electron chi connectivity index (χ2n) is 8.05. The molecule has 2 amide bonds. The number of nitrogens with one attached hydrogen (secondary N) is 1. The van der Waals surface area contributed by atoms with E-state index in [2.05, 4.69) is 29.5 Å². The maximum absolute atomic E-state index is 13.1. The lowest BCUT2D eigenvalue weighted by atomic mass is 10.0. The molecule has 1 aliphatic heterocycles. The third-order valence-corrected chi connectivity index (χ3v) is 5.86. The molecule has 30 heavy (non-hydrogen) atoms. The maximum atomic E-state index is 13.1. The molecule has 0 atom stereocenters. The van der Waals surface area contributed by atoms with Gasteiger partial charge in [-0.2, -0.15) is 0 Å². The largest absolute Gasteiger partial charge is 0.482 e. The molecule has 1 aliphatic carbocycles. The second kappa shape index (κ2) is 8.85. The van der Waals surface area contributed by atoms with Gasteiger partial charge in [-0.05, 0) is 50.3 Å². The summed E-state index contributed by atoms with van der Waals surface area (Å²) in [6.07, 6.45) is 7.08. The Hall–Kier alpha value is -2.90. The standard InChI is InChI=1S/C22H29N5O3/c1-3-15(4-2)19-13-26(25-24-19)10-5-11-27(17-7-8-17)22(29)16-6-9-18-20(12-16)30-14-21(28)23-18/h6,9,12-13,15,17H,3-5,7-8,10-11,14H2,1-2H3,(H,23,28). The SMILES string of the molecule is CCC(CC)c1cn(CCCN(C(=O)c2ccc3c(c2)OCC(=O)N3)C2CC2)nn1. The lowest BCUT2D eigenvalue weighted by molar-refractivity contribution is -0.118. The Morgan fingerprint density at radius 3 is 2.87 bits per heavy atom. The molecular weight excluding hydrogens is 382 g/mol. The molecule has 1 N–H and O–H groups in total. The topological polar surface area (TPSA) is 89.4 Å². The molecular formula is C22H29N5O3. The van der Waals surface area contributed by atoms with Crippen LogP contribution in [0.4, 0.5) is 5.69 Å². The average molecular weight is 412 g/mol. The van der Waals surface area contributed by atoms with Crippen LogP contribution >= 0.6 is 0 Å². The fourth-order valence-electron chi connectivity index (χ4n) is 3.93. The third-order valence-electron chi connectivity index (χ3n) is 5.86. The fraction of sp³-hybridized carbons (Fsp3) is 0.545. The van der Waals surface area contributed by atoms with Crippen molar-refractivity contribution < 1.29 is 14.3 Å². The van der Waals surface area contributed by atoms with Crippen LogP contribution in [0.5, 0.6) is 5.75 Å². The van der Waals surface area contributed by atoms with Crippen LogP contribution in [0.15, 0.2) is 24.4 Å². The number of anilines is 1. The summed E-state index contributed by atoms with van der Waals surface area (Å²) >= 11 is 0. The second-order valence-corrected chi connectivity index (χ2v) is 8.05. The molecule has 8 heteroatoms. The smallest absolute Gasteiger partial charge is 0.262 e. The number of fused-ring (bicyclic) bond motifs is 1. The molecule has 1 aromatic carbocycles. The van der Waals surface area contributed by atoms with Gasteiger partial charge in [-0.25, -0.2) is 0 Å². The van der Waals surface area contributed by atoms with Crippen LogP contribution < -0.4 is 10.1 Å². The summed E-state index contributed by atoms with van der Waals surface area (Å²) in [5, 5.41) is 11.3. The van der Waals surface area contributed by atoms with Crippen LogP contribution in [0.25, 0.3) is 0 Å². The van der Waals surface area contributed by atoms with Crippen LogP contribution in [0.3, 0.4) is 0 Å². The van der Waals surface area contributed by atoms with Gasteiger partial charge in [-0.15, -0.1) is 5.10 Å². The van der Waals surface area contributed by atoms with E-state index >= 15 is 0 Å². The Bertz CT molecular complexity index is 917. The van der Waals surface area contributed by atoms with Crippen LogP contribution in [0.1, 0.15) is 67.9 Å². The number of ether oxygens (including phenoxy) is 1. The van der Waals surface area contributed by atoms with Crippen molar-refractivity contribution in [3.8, 4) is 5.75 Å². The number of nitrogens with zero attached hydrogens (tertiary/aromatic N) is 4. The number of hydrogen-bond donors (Lipinski definition) is 1. The molecule has 160 valence electrons. The minimum absolute atomic E-state index is 0.0112. The van der Waals surface area contributed by atoms with Crippen molar-refractivity contribution in [3.05, 3.63) is 35.7 Å². The Morgan fingerprint density at radius 1 is 1.33 bits per heavy atom. The Labute approximate surface area is 176 Å². The van der Waals surface area contributed by atoms with E-state index in [0.717, 1.165) is 44.3 Å². The first-order valence-electron chi connectivity index (χ1n) is 10.9. The number of rotatable bonds is 9. The van der Waals surface area contributed by atoms with Crippen LogP contribution in [-0.4, -0.2) is 50.9 Å². The normalized spacial score (nSPS) is 15.5. The van der Waals surface area contributed by atoms with Crippen LogP contribution in [-0.2, 0) is 11.3 Å². The number of benzene rings is 1. The van der Waals surface area contributed by atoms with Crippen molar-refractivity contribution in [2.75, 3.05) is 18.5 Å². The minimum Gasteiger partial charge on any atom is -0.482 e. The molecule has 0 bridgehead atoms. The van der Waals surface area contributed by atoms with Gasteiger partial charge in [-0.1, -0.05) is 19.1 Å². The molecule has 0 spiro atoms. The molecule has 2 aliphatic rings. The van der Waals surface area contributed by atoms with Gasteiger partial charge in [0.1, 0.15) is 5.75 Å². The minimum atomic E-state index is -0.179. The summed E-state index contributed by atoms with van der Waals surface area (Å²) in [4.78, 5) is 26.5. The highest BCUT2D eigenvalue weighted by atomic mass is 16.5. The summed E-state index contributed by atoms with van der Waals surface area (Å²) < 4.78 is 7.35. The lowest BCUT2D eigenvalue weighted by Crippen LogP contribution is -2.34. The molecule has 2 heterocycles. The van der Waals surface area contributed by atoms with Gasteiger partial charge in [0.15, 0.2) is 6.61 Å². The van der Waals surface area contributed by atoms with Gasteiger partial charge >= 0.3 is 0 Å². The first kappa shape index (κ1) is 20.4. The van der Waals surface area contributed by atoms with E-state index in [1.54, 1.807) is 18.2 Å². The summed E-state index contributed by atoms with van der Waals surface area (Å²) in [6, 6.07) is 5.53. The quantitative estimate of drug-likeness (QED) is 0.684. The van der Waals surface area contributed by atoms with Gasteiger partial charge in [0, 0.05) is 36.8 Å². The summed E-state index contributed by atoms with van der Waals surface area (Å²) in [5.41, 5.74) is 2.25. The van der Waals surface area contributed by atoms with Crippen molar-refractivity contribution in [1.82, 2.24) is 19.9 Å². The molecule has 2 aromatic rings. The Kier molecular flexibility index (Phi) is 6.01. The average Bonchev–Trinajstić information content (AvgIpc) is 3.49. The summed E-state index contributed by atoms with van der Waals surface area (Å²) in [7, 11) is 0. The molecule has 0 radical (unpaired) electrons. The molecule has 4 rings (SSSR count). The number of aromatic nitrogens is 3. The van der Waals surface area contributed by atoms with E-state index in [-0.39, 0.29) is 18.4 Å². The first-order valence-corrected chi connectivity index (χ1v) is 10.9. The highest BCUT2D eigenvalue weighted by Crippen LogP contribution is 2.32. The monoisotopic (exact) mass is 411 g/mol. The zero-order valence-electron chi connectivity index (χ0n) is 17.6. The van der Waals surface area contributed by atoms with Gasteiger partial charge in [0.25, 0.3) is 11.8 Å². The molecule has 0 saturated heterocycles. The van der Waals surface area contributed by atoms with Gasteiger partial charge in [0.2, 0.25) is 0 Å². The van der Waals surface area contributed by atoms with E-state index in [1.165, 1.54) is 0 Å². The molecule has 1 fully saturated rings. The zero-order chi connectivity index (χ0) is 21.1. The van der Waals surface area contributed by atoms with E-state index in [1.807, 2.05) is 15.8 Å². The predicted molar refractivity (Wildman–Crippen MR) is 113 cm³/mol. The number of carbonyl (C=O) groups excluding carboxylic acids is 2. The van der Waals surface area contributed by atoms with E-state index in [9.17, 15) is 9.59 Å². The van der Waals surface area contributed by atoms with Crippen LogP contribution in [0.2, 0.25) is 0 Å². The number of amides is 2. The first-order chi connectivity index (χ1) is 14.6. The third kappa shape index (κ3) is 4.47. The van der Waals surface area contributed by atoms with Crippen molar-refractivity contribution in [3.63, 3.8) is 0 Å². The number of hydrogen-bond acceptors (Lipinski definition) is 5. The molecule has 0 unspecified atom stereocenters. The van der Waals surface area contributed by atoms with Crippen molar-refractivity contribution in [1.29, 1.82) is 0 Å². The van der Waals surface area contributed by atoms with Crippen molar-refractivity contribution in [2.45, 2.75) is 64.5 Å². The van der Waals surface area contributed by atoms with Gasteiger partial charge in [0.05, 0.1) is 11.4 Å². The van der Waals surface area contributed by atoms with Crippen LogP contribution in [0, 0.1) is 0 Å². The number of aryl methyl sites for hydroxylation is 1. The van der Waals surface area contributed by atoms with E-state index in [4.69, 9.17) is 4.74 Å². The molecule has 8 nitrogen and oxygen atoms in total. The van der Waals surface area contributed by atoms with Crippen molar-refractivity contribution >= 4 is 17.5 Å². The highest BCUT2D eigenvalue weighted by Gasteiger charge is 2.33. The maximum Gasteiger partial charge on any atom is 0.262 e. The summed E-state index contributed by atoms with van der Waals surface area (Å²) in [6.45, 7) is 5.74. The van der Waals surface area contributed by atoms with E-state index in [0.29, 0.717) is 35.5 Å². The Morgan fingerprint density at radius 2 is 2.13 bits per heavy atom. The van der Waals surface area contributed by atoms with E-state index < -0.39 is 0 Å². The van der Waals surface area contributed by atoms with Crippen molar-refractivity contribution in [2.24, 2.45) is 0 Å². The molecule has 1 saturated carbocycles. The van der Waals surface area contributed by atoms with Gasteiger partial charge < -0.3 is 15.0 Å². The Balaban J connectivity index is 1.38.